The number of aromatic nitrogens is 3. The zero-order chi connectivity index (χ0) is 20.8. The summed E-state index contributed by atoms with van der Waals surface area (Å²) in [5.41, 5.74) is 2.18. The number of likely N-dealkylation sites (N-methyl/N-ethyl adjacent to an activating group) is 1. The molecule has 2 aliphatic rings. The highest BCUT2D eigenvalue weighted by Gasteiger charge is 2.35. The summed E-state index contributed by atoms with van der Waals surface area (Å²) in [6, 6.07) is 0. The van der Waals surface area contributed by atoms with Gasteiger partial charge in [-0.2, -0.15) is 4.31 Å². The van der Waals surface area contributed by atoms with Crippen LogP contribution >= 0.6 is 0 Å². The van der Waals surface area contributed by atoms with E-state index >= 15 is 0 Å². The van der Waals surface area contributed by atoms with Crippen LogP contribution in [0.2, 0.25) is 0 Å². The van der Waals surface area contributed by atoms with Crippen LogP contribution in [0.15, 0.2) is 9.42 Å². The number of nitrogens with zero attached hydrogens (tertiary/aromatic N) is 5. The summed E-state index contributed by atoms with van der Waals surface area (Å²) < 4.78 is 33.0. The summed E-state index contributed by atoms with van der Waals surface area (Å²) in [5, 5.41) is 6.96. The van der Waals surface area contributed by atoms with Gasteiger partial charge >= 0.3 is 0 Å². The Kier molecular flexibility index (Phi) is 5.34. The molecule has 1 N–H and O–H groups in total. The van der Waals surface area contributed by atoms with E-state index in [1.165, 1.54) is 4.31 Å². The normalized spacial score (nSPS) is 21.2. The molecule has 0 unspecified atom stereocenters. The minimum atomic E-state index is -3.70. The highest BCUT2D eigenvalue weighted by molar-refractivity contribution is 7.89. The zero-order valence-corrected chi connectivity index (χ0v) is 18.2. The first-order valence-corrected chi connectivity index (χ1v) is 11.4. The first-order valence-electron chi connectivity index (χ1n) is 10.00. The molecule has 0 spiro atoms. The van der Waals surface area contributed by atoms with Crippen molar-refractivity contribution in [2.45, 2.75) is 50.5 Å². The van der Waals surface area contributed by atoms with Gasteiger partial charge < -0.3 is 14.7 Å². The summed E-state index contributed by atoms with van der Waals surface area (Å²) in [6.45, 7) is 5.95. The molecular formula is C19H28N6O3S. The molecule has 4 heterocycles. The predicted octanol–water partition coefficient (Wildman–Crippen LogP) is 1.68. The SMILES string of the molecule is CNc1nc([C@H]2CCCN(C)C2)nc2c1CN(S(=O)(=O)c1c(C)noc1C)CC2. The lowest BCUT2D eigenvalue weighted by molar-refractivity contribution is 0.245. The Balaban J connectivity index is 1.66. The molecule has 9 nitrogen and oxygen atoms in total. The number of rotatable bonds is 4. The quantitative estimate of drug-likeness (QED) is 0.797. The van der Waals surface area contributed by atoms with Gasteiger partial charge in [-0.3, -0.25) is 0 Å². The number of piperidine rings is 1. The van der Waals surface area contributed by atoms with Crippen molar-refractivity contribution < 1.29 is 12.9 Å². The van der Waals surface area contributed by atoms with E-state index < -0.39 is 10.0 Å². The van der Waals surface area contributed by atoms with Crippen LogP contribution in [0.5, 0.6) is 0 Å². The molecule has 29 heavy (non-hydrogen) atoms. The fraction of sp³-hybridized carbons (Fsp3) is 0.632. The lowest BCUT2D eigenvalue weighted by Gasteiger charge is -2.31. The Labute approximate surface area is 171 Å². The second-order valence-electron chi connectivity index (χ2n) is 7.95. The second-order valence-corrected chi connectivity index (χ2v) is 9.82. The van der Waals surface area contributed by atoms with Crippen LogP contribution in [0.3, 0.4) is 0 Å². The van der Waals surface area contributed by atoms with Crippen molar-refractivity contribution in [3.05, 3.63) is 28.5 Å². The van der Waals surface area contributed by atoms with Gasteiger partial charge in [-0.05, 0) is 40.3 Å². The molecule has 1 atom stereocenters. The third-order valence-corrected chi connectivity index (χ3v) is 7.92. The van der Waals surface area contributed by atoms with E-state index in [0.717, 1.165) is 48.8 Å². The molecule has 0 saturated carbocycles. The average molecular weight is 421 g/mol. The van der Waals surface area contributed by atoms with Crippen LogP contribution in [-0.2, 0) is 23.0 Å². The molecule has 158 valence electrons. The predicted molar refractivity (Wildman–Crippen MR) is 108 cm³/mol. The van der Waals surface area contributed by atoms with Gasteiger partial charge in [-0.1, -0.05) is 5.16 Å². The third kappa shape index (κ3) is 3.64. The summed E-state index contributed by atoms with van der Waals surface area (Å²) >= 11 is 0. The number of hydrogen-bond acceptors (Lipinski definition) is 8. The van der Waals surface area contributed by atoms with Crippen LogP contribution in [-0.4, -0.2) is 66.5 Å². The lowest BCUT2D eigenvalue weighted by Crippen LogP contribution is -2.38. The van der Waals surface area contributed by atoms with E-state index in [1.54, 1.807) is 13.8 Å². The van der Waals surface area contributed by atoms with Crippen molar-refractivity contribution in [3.63, 3.8) is 0 Å². The molecule has 2 aromatic rings. The van der Waals surface area contributed by atoms with Gasteiger partial charge in [0.05, 0.1) is 5.69 Å². The number of anilines is 1. The summed E-state index contributed by atoms with van der Waals surface area (Å²) in [4.78, 5) is 12.1. The van der Waals surface area contributed by atoms with Crippen LogP contribution in [0.4, 0.5) is 5.82 Å². The van der Waals surface area contributed by atoms with Crippen molar-refractivity contribution in [2.75, 3.05) is 39.0 Å². The maximum atomic E-state index is 13.2. The monoisotopic (exact) mass is 420 g/mol. The van der Waals surface area contributed by atoms with E-state index in [1.807, 2.05) is 7.05 Å². The third-order valence-electron chi connectivity index (χ3n) is 5.83. The molecule has 10 heteroatoms. The number of sulfonamides is 1. The van der Waals surface area contributed by atoms with E-state index in [4.69, 9.17) is 14.5 Å². The van der Waals surface area contributed by atoms with Crippen LogP contribution in [0.1, 0.15) is 47.3 Å². The van der Waals surface area contributed by atoms with Crippen molar-refractivity contribution in [1.82, 2.24) is 24.3 Å². The second kappa shape index (κ2) is 7.66. The molecule has 0 amide bonds. The molecule has 4 rings (SSSR count). The number of aryl methyl sites for hydroxylation is 2. The summed E-state index contributed by atoms with van der Waals surface area (Å²) in [5.74, 6) is 2.21. The minimum Gasteiger partial charge on any atom is -0.373 e. The topological polar surface area (TPSA) is 104 Å². The molecule has 0 radical (unpaired) electrons. The lowest BCUT2D eigenvalue weighted by atomic mass is 9.97. The minimum absolute atomic E-state index is 0.162. The van der Waals surface area contributed by atoms with Gasteiger partial charge in [0.25, 0.3) is 0 Å². The Morgan fingerprint density at radius 1 is 1.21 bits per heavy atom. The molecular weight excluding hydrogens is 392 g/mol. The van der Waals surface area contributed by atoms with Gasteiger partial charge in [-0.25, -0.2) is 18.4 Å². The van der Waals surface area contributed by atoms with Gasteiger partial charge in [0.1, 0.15) is 22.2 Å². The fourth-order valence-electron chi connectivity index (χ4n) is 4.35. The average Bonchev–Trinajstić information content (AvgIpc) is 3.05. The maximum Gasteiger partial charge on any atom is 0.248 e. The van der Waals surface area contributed by atoms with E-state index in [-0.39, 0.29) is 11.4 Å². The highest BCUT2D eigenvalue weighted by Crippen LogP contribution is 2.32. The molecule has 0 bridgehead atoms. The van der Waals surface area contributed by atoms with Gasteiger partial charge in [0.15, 0.2) is 5.76 Å². The molecule has 0 aliphatic carbocycles. The van der Waals surface area contributed by atoms with Crippen molar-refractivity contribution in [2.24, 2.45) is 0 Å². The molecule has 0 aromatic carbocycles. The standard InChI is InChI=1S/C19H28N6O3S/c1-12-17(13(2)28-23-12)29(26,27)25-9-7-16-15(11-25)19(20-3)22-18(21-16)14-6-5-8-24(4)10-14/h14H,5-11H2,1-4H3,(H,20,21,22)/t14-/m0/s1. The Bertz CT molecular complexity index is 982. The Hall–Kier alpha value is -2.04. The fourth-order valence-corrected chi connectivity index (χ4v) is 6.05. The summed E-state index contributed by atoms with van der Waals surface area (Å²) in [7, 11) is 0.248. The number of fused-ring (bicyclic) bond motifs is 1. The number of hydrogen-bond donors (Lipinski definition) is 1. The maximum absolute atomic E-state index is 13.2. The largest absolute Gasteiger partial charge is 0.373 e. The smallest absolute Gasteiger partial charge is 0.248 e. The van der Waals surface area contributed by atoms with Crippen molar-refractivity contribution in [3.8, 4) is 0 Å². The van der Waals surface area contributed by atoms with E-state index in [2.05, 4.69) is 22.4 Å². The number of likely N-dealkylation sites (tertiary alicyclic amines) is 1. The van der Waals surface area contributed by atoms with Gasteiger partial charge in [0, 0.05) is 44.6 Å². The molecule has 2 aliphatic heterocycles. The Morgan fingerprint density at radius 3 is 2.66 bits per heavy atom. The first-order chi connectivity index (χ1) is 13.8. The van der Waals surface area contributed by atoms with E-state index in [9.17, 15) is 8.42 Å². The van der Waals surface area contributed by atoms with Gasteiger partial charge in [-0.15, -0.1) is 0 Å². The van der Waals surface area contributed by atoms with Crippen molar-refractivity contribution in [1.29, 1.82) is 0 Å². The molecule has 2 aromatic heterocycles. The van der Waals surface area contributed by atoms with E-state index in [0.29, 0.717) is 30.3 Å². The van der Waals surface area contributed by atoms with Crippen molar-refractivity contribution >= 4 is 15.8 Å². The van der Waals surface area contributed by atoms with Gasteiger partial charge in [0.2, 0.25) is 10.0 Å². The Morgan fingerprint density at radius 2 is 2.00 bits per heavy atom. The molecule has 1 saturated heterocycles. The number of nitrogens with one attached hydrogen (secondary N) is 1. The molecule has 1 fully saturated rings. The van der Waals surface area contributed by atoms with Crippen LogP contribution in [0.25, 0.3) is 0 Å². The highest BCUT2D eigenvalue weighted by atomic mass is 32.2. The zero-order valence-electron chi connectivity index (χ0n) is 17.4. The first kappa shape index (κ1) is 20.2. The summed E-state index contributed by atoms with van der Waals surface area (Å²) in [6.07, 6.45) is 2.78. The van der Waals surface area contributed by atoms with Crippen LogP contribution < -0.4 is 5.32 Å². The van der Waals surface area contributed by atoms with Crippen LogP contribution in [0, 0.1) is 13.8 Å².